The smallest absolute Gasteiger partial charge is 0.143 e. The van der Waals surface area contributed by atoms with Gasteiger partial charge in [-0.05, 0) is 18.9 Å². The molecule has 4 heteroatoms. The van der Waals surface area contributed by atoms with Crippen molar-refractivity contribution >= 4 is 23.0 Å². The van der Waals surface area contributed by atoms with Gasteiger partial charge in [0.2, 0.25) is 0 Å². The lowest BCUT2D eigenvalue weighted by Crippen LogP contribution is -2.31. The van der Waals surface area contributed by atoms with E-state index in [1.54, 1.807) is 6.07 Å². The van der Waals surface area contributed by atoms with Crippen LogP contribution in [0.15, 0.2) is 12.1 Å². The maximum Gasteiger partial charge on any atom is 0.143 e. The molecule has 0 bridgehead atoms. The first-order valence-corrected chi connectivity index (χ1v) is 6.94. The first-order chi connectivity index (χ1) is 8.59. The van der Waals surface area contributed by atoms with E-state index in [1.165, 1.54) is 44.6 Å². The number of nitrogens with zero attached hydrogens (tertiary/aromatic N) is 1. The molecule has 1 aromatic carbocycles. The monoisotopic (exact) mass is 270 g/mol. The molecule has 0 amide bonds. The Kier molecular flexibility index (Phi) is 4.33. The van der Waals surface area contributed by atoms with Gasteiger partial charge >= 0.3 is 0 Å². The summed E-state index contributed by atoms with van der Waals surface area (Å²) in [6.07, 6.45) is 7.47. The van der Waals surface area contributed by atoms with Crippen LogP contribution in [-0.4, -0.2) is 13.1 Å². The second-order valence-electron chi connectivity index (χ2n) is 5.08. The van der Waals surface area contributed by atoms with Crippen LogP contribution in [0.4, 0.5) is 15.8 Å². The Labute approximate surface area is 113 Å². The largest absolute Gasteiger partial charge is 0.397 e. The zero-order valence-corrected chi connectivity index (χ0v) is 11.5. The quantitative estimate of drug-likeness (QED) is 0.644. The highest BCUT2D eigenvalue weighted by Gasteiger charge is 2.19. The van der Waals surface area contributed by atoms with Crippen molar-refractivity contribution in [3.05, 3.63) is 23.0 Å². The zero-order valence-electron chi connectivity index (χ0n) is 10.8. The van der Waals surface area contributed by atoms with Gasteiger partial charge in [-0.3, -0.25) is 0 Å². The number of hydrogen-bond donors (Lipinski definition) is 1. The summed E-state index contributed by atoms with van der Waals surface area (Å²) in [7, 11) is 2.02. The molecule has 0 radical (unpaired) electrons. The fourth-order valence-corrected chi connectivity index (χ4v) is 2.86. The summed E-state index contributed by atoms with van der Waals surface area (Å²) in [5.41, 5.74) is 7.20. The van der Waals surface area contributed by atoms with Crippen LogP contribution in [0.5, 0.6) is 0 Å². The number of rotatable bonds is 2. The van der Waals surface area contributed by atoms with Gasteiger partial charge in [-0.2, -0.15) is 0 Å². The molecular formula is C14H20ClFN2. The molecule has 1 aliphatic carbocycles. The van der Waals surface area contributed by atoms with Crippen LogP contribution in [0.25, 0.3) is 0 Å². The minimum atomic E-state index is -0.452. The number of nitrogens with two attached hydrogens (primary N) is 1. The summed E-state index contributed by atoms with van der Waals surface area (Å²) in [6.45, 7) is 0. The van der Waals surface area contributed by atoms with Crippen molar-refractivity contribution < 1.29 is 4.39 Å². The van der Waals surface area contributed by atoms with Crippen molar-refractivity contribution in [3.63, 3.8) is 0 Å². The number of benzene rings is 1. The lowest BCUT2D eigenvalue weighted by Gasteiger charge is -2.30. The Balaban J connectivity index is 2.21. The Hall–Kier alpha value is -0.960. The van der Waals surface area contributed by atoms with Crippen molar-refractivity contribution in [2.45, 2.75) is 44.6 Å². The molecule has 0 unspecified atom stereocenters. The highest BCUT2D eigenvalue weighted by Crippen LogP contribution is 2.32. The van der Waals surface area contributed by atoms with Crippen LogP contribution in [0.1, 0.15) is 38.5 Å². The van der Waals surface area contributed by atoms with Gasteiger partial charge in [0.15, 0.2) is 0 Å². The lowest BCUT2D eigenvalue weighted by molar-refractivity contribution is 0.553. The molecule has 1 aromatic rings. The van der Waals surface area contributed by atoms with E-state index in [1.807, 2.05) is 7.05 Å². The maximum atomic E-state index is 13.3. The summed E-state index contributed by atoms with van der Waals surface area (Å²) in [5.74, 6) is -0.452. The second kappa shape index (κ2) is 5.79. The summed E-state index contributed by atoms with van der Waals surface area (Å²) in [4.78, 5) is 2.16. The Bertz CT molecular complexity index is 415. The van der Waals surface area contributed by atoms with Crippen molar-refractivity contribution in [3.8, 4) is 0 Å². The van der Waals surface area contributed by atoms with Crippen molar-refractivity contribution in [1.82, 2.24) is 0 Å². The van der Waals surface area contributed by atoms with Crippen molar-refractivity contribution in [1.29, 1.82) is 0 Å². The first kappa shape index (κ1) is 13.5. The van der Waals surface area contributed by atoms with Crippen LogP contribution in [-0.2, 0) is 0 Å². The molecule has 2 rings (SSSR count). The molecule has 0 aromatic heterocycles. The molecule has 0 aliphatic heterocycles. The van der Waals surface area contributed by atoms with Gasteiger partial charge in [-0.1, -0.05) is 37.3 Å². The van der Waals surface area contributed by atoms with Crippen LogP contribution in [0.2, 0.25) is 5.02 Å². The van der Waals surface area contributed by atoms with E-state index in [0.717, 1.165) is 5.69 Å². The van der Waals surface area contributed by atoms with E-state index in [2.05, 4.69) is 4.90 Å². The Morgan fingerprint density at radius 1 is 1.22 bits per heavy atom. The average Bonchev–Trinajstić information content (AvgIpc) is 2.61. The maximum absolute atomic E-state index is 13.3. The molecule has 0 spiro atoms. The number of hydrogen-bond acceptors (Lipinski definition) is 2. The number of halogens is 2. The zero-order chi connectivity index (χ0) is 13.1. The van der Waals surface area contributed by atoms with E-state index < -0.39 is 5.82 Å². The molecule has 2 N–H and O–H groups in total. The standard InChI is InChI=1S/C14H20ClFN2/c1-18(10-6-4-2-3-5-7-10)14-8-11(15)12(16)9-13(14)17/h8-10H,2-7,17H2,1H3. The van der Waals surface area contributed by atoms with Crippen molar-refractivity contribution in [2.75, 3.05) is 17.7 Å². The van der Waals surface area contributed by atoms with Gasteiger partial charge in [-0.15, -0.1) is 0 Å². The van der Waals surface area contributed by atoms with Gasteiger partial charge in [0, 0.05) is 19.2 Å². The van der Waals surface area contributed by atoms with Crippen LogP contribution in [0.3, 0.4) is 0 Å². The predicted molar refractivity (Wildman–Crippen MR) is 75.7 cm³/mol. The average molecular weight is 271 g/mol. The molecule has 1 aliphatic rings. The number of anilines is 2. The molecule has 18 heavy (non-hydrogen) atoms. The van der Waals surface area contributed by atoms with E-state index in [4.69, 9.17) is 17.3 Å². The topological polar surface area (TPSA) is 29.3 Å². The molecule has 2 nitrogen and oxygen atoms in total. The molecule has 1 fully saturated rings. The van der Waals surface area contributed by atoms with Gasteiger partial charge in [0.25, 0.3) is 0 Å². The second-order valence-corrected chi connectivity index (χ2v) is 5.49. The van der Waals surface area contributed by atoms with E-state index in [-0.39, 0.29) is 5.02 Å². The highest BCUT2D eigenvalue weighted by atomic mass is 35.5. The van der Waals surface area contributed by atoms with Crippen LogP contribution >= 0.6 is 11.6 Å². The minimum Gasteiger partial charge on any atom is -0.397 e. The van der Waals surface area contributed by atoms with Gasteiger partial charge in [0.1, 0.15) is 5.82 Å². The van der Waals surface area contributed by atoms with Crippen LogP contribution < -0.4 is 10.6 Å². The predicted octanol–water partition coefficient (Wildman–Crippen LogP) is 4.22. The SMILES string of the molecule is CN(c1cc(Cl)c(F)cc1N)C1CCCCCC1. The van der Waals surface area contributed by atoms with Crippen molar-refractivity contribution in [2.24, 2.45) is 0 Å². The highest BCUT2D eigenvalue weighted by molar-refractivity contribution is 6.31. The summed E-state index contributed by atoms with van der Waals surface area (Å²) < 4.78 is 13.3. The minimum absolute atomic E-state index is 0.139. The summed E-state index contributed by atoms with van der Waals surface area (Å²) in [6, 6.07) is 3.43. The summed E-state index contributed by atoms with van der Waals surface area (Å²) in [5, 5.41) is 0.139. The van der Waals surface area contributed by atoms with Gasteiger partial charge in [-0.25, -0.2) is 4.39 Å². The lowest BCUT2D eigenvalue weighted by atomic mass is 10.1. The normalized spacial score (nSPS) is 17.5. The molecular weight excluding hydrogens is 251 g/mol. The van der Waals surface area contributed by atoms with E-state index in [0.29, 0.717) is 11.7 Å². The van der Waals surface area contributed by atoms with E-state index in [9.17, 15) is 4.39 Å². The van der Waals surface area contributed by atoms with Gasteiger partial charge in [0.05, 0.1) is 16.4 Å². The third-order valence-corrected chi connectivity index (χ3v) is 4.11. The fraction of sp³-hybridized carbons (Fsp3) is 0.571. The molecule has 0 saturated heterocycles. The Morgan fingerprint density at radius 3 is 2.44 bits per heavy atom. The third kappa shape index (κ3) is 2.89. The van der Waals surface area contributed by atoms with Gasteiger partial charge < -0.3 is 10.6 Å². The third-order valence-electron chi connectivity index (χ3n) is 3.82. The summed E-state index contributed by atoms with van der Waals surface area (Å²) >= 11 is 5.84. The molecule has 1 saturated carbocycles. The molecule has 0 heterocycles. The number of nitrogen functional groups attached to an aromatic ring is 1. The first-order valence-electron chi connectivity index (χ1n) is 6.57. The van der Waals surface area contributed by atoms with E-state index >= 15 is 0 Å². The Morgan fingerprint density at radius 2 is 1.83 bits per heavy atom. The molecule has 0 atom stereocenters. The van der Waals surface area contributed by atoms with Crippen LogP contribution in [0, 0.1) is 5.82 Å². The molecule has 100 valence electrons. The fourth-order valence-electron chi connectivity index (χ4n) is 2.70.